The Hall–Kier alpha value is -4.30. The van der Waals surface area contributed by atoms with Crippen LogP contribution in [0, 0.1) is 6.92 Å². The van der Waals surface area contributed by atoms with E-state index in [0.717, 1.165) is 34.0 Å². The fourth-order valence-corrected chi connectivity index (χ4v) is 5.67. The lowest BCUT2D eigenvalue weighted by molar-refractivity contribution is -0.118. The first-order valence-electron chi connectivity index (χ1n) is 12.8. The molecule has 5 aromatic rings. The summed E-state index contributed by atoms with van der Waals surface area (Å²) in [5, 5.41) is 5.15. The van der Waals surface area contributed by atoms with Gasteiger partial charge < -0.3 is 14.6 Å². The predicted octanol–water partition coefficient (Wildman–Crippen LogP) is 6.11. The summed E-state index contributed by atoms with van der Waals surface area (Å²) in [5.74, 6) is 0.189. The van der Waals surface area contributed by atoms with Crippen molar-refractivity contribution in [3.05, 3.63) is 102 Å². The van der Waals surface area contributed by atoms with Crippen molar-refractivity contribution in [3.8, 4) is 5.75 Å². The van der Waals surface area contributed by atoms with E-state index in [2.05, 4.69) is 28.9 Å². The van der Waals surface area contributed by atoms with E-state index in [4.69, 9.17) is 4.74 Å². The molecule has 0 atom stereocenters. The van der Waals surface area contributed by atoms with Crippen molar-refractivity contribution >= 4 is 49.1 Å². The summed E-state index contributed by atoms with van der Waals surface area (Å²) in [5.41, 5.74) is 5.51. The summed E-state index contributed by atoms with van der Waals surface area (Å²) in [6.07, 6.45) is 1.19. The van der Waals surface area contributed by atoms with Crippen LogP contribution >= 0.6 is 0 Å². The van der Waals surface area contributed by atoms with Gasteiger partial charge in [0.1, 0.15) is 5.75 Å². The minimum absolute atomic E-state index is 0.173. The summed E-state index contributed by atoms with van der Waals surface area (Å²) < 4.78 is 34.3. The lowest BCUT2D eigenvalue weighted by Crippen LogP contribution is -2.29. The van der Waals surface area contributed by atoms with E-state index in [1.54, 1.807) is 24.3 Å². The molecule has 0 bridgehead atoms. The maximum atomic E-state index is 12.7. The molecule has 0 aliphatic rings. The Labute approximate surface area is 228 Å². The first kappa shape index (κ1) is 26.3. The highest BCUT2D eigenvalue weighted by atomic mass is 32.2. The van der Waals surface area contributed by atoms with Crippen molar-refractivity contribution in [3.63, 3.8) is 0 Å². The van der Waals surface area contributed by atoms with E-state index in [0.29, 0.717) is 17.1 Å². The summed E-state index contributed by atoms with van der Waals surface area (Å²) >= 11 is 0. The van der Waals surface area contributed by atoms with Crippen LogP contribution in [0.4, 0.5) is 11.4 Å². The molecule has 4 aromatic carbocycles. The molecule has 5 rings (SSSR count). The number of aryl methyl sites for hydroxylation is 2. The monoisotopic (exact) mass is 541 g/mol. The second-order valence-electron chi connectivity index (χ2n) is 9.58. The second-order valence-corrected chi connectivity index (χ2v) is 11.5. The Bertz CT molecular complexity index is 1740. The third kappa shape index (κ3) is 5.76. The van der Waals surface area contributed by atoms with E-state index < -0.39 is 10.0 Å². The number of benzene rings is 4. The molecule has 7 nitrogen and oxygen atoms in total. The predicted molar refractivity (Wildman–Crippen MR) is 158 cm³/mol. The molecule has 0 fully saturated rings. The number of nitrogens with one attached hydrogen (secondary N) is 1. The number of hydrogen-bond donors (Lipinski definition) is 1. The van der Waals surface area contributed by atoms with Crippen molar-refractivity contribution in [1.29, 1.82) is 0 Å². The normalized spacial score (nSPS) is 11.6. The third-order valence-electron chi connectivity index (χ3n) is 6.71. The zero-order valence-electron chi connectivity index (χ0n) is 22.2. The number of amides is 1. The smallest absolute Gasteiger partial charge is 0.262 e. The zero-order valence-corrected chi connectivity index (χ0v) is 23.0. The average Bonchev–Trinajstić information content (AvgIpc) is 3.24. The van der Waals surface area contributed by atoms with Gasteiger partial charge in [0, 0.05) is 34.0 Å². The summed E-state index contributed by atoms with van der Waals surface area (Å²) in [6.45, 7) is 5.02. The van der Waals surface area contributed by atoms with Gasteiger partial charge in [-0.15, -0.1) is 0 Å². The first-order valence-corrected chi connectivity index (χ1v) is 14.6. The molecule has 1 N–H and O–H groups in total. The largest absolute Gasteiger partial charge is 0.484 e. The molecule has 0 saturated heterocycles. The molecule has 0 unspecified atom stereocenters. The average molecular weight is 542 g/mol. The van der Waals surface area contributed by atoms with Crippen LogP contribution in [-0.2, 0) is 27.9 Å². The van der Waals surface area contributed by atoms with Crippen molar-refractivity contribution < 1.29 is 17.9 Å². The molecular weight excluding hydrogens is 510 g/mol. The summed E-state index contributed by atoms with van der Waals surface area (Å²) in [4.78, 5) is 12.7. The molecule has 8 heteroatoms. The maximum absolute atomic E-state index is 12.7. The van der Waals surface area contributed by atoms with Crippen LogP contribution in [0.2, 0.25) is 0 Å². The summed E-state index contributed by atoms with van der Waals surface area (Å²) in [7, 11) is -3.50. The molecule has 0 radical (unpaired) electrons. The van der Waals surface area contributed by atoms with E-state index in [-0.39, 0.29) is 19.1 Å². The third-order valence-corrected chi connectivity index (χ3v) is 7.85. The van der Waals surface area contributed by atoms with E-state index in [1.165, 1.54) is 16.1 Å². The van der Waals surface area contributed by atoms with Crippen LogP contribution in [0.15, 0.2) is 91.0 Å². The Balaban J connectivity index is 1.25. The van der Waals surface area contributed by atoms with Crippen molar-refractivity contribution in [2.45, 2.75) is 26.9 Å². The van der Waals surface area contributed by atoms with Gasteiger partial charge >= 0.3 is 0 Å². The highest BCUT2D eigenvalue weighted by molar-refractivity contribution is 7.92. The second kappa shape index (κ2) is 10.8. The van der Waals surface area contributed by atoms with E-state index in [1.807, 2.05) is 61.5 Å². The number of carbonyl (C=O) groups is 1. The van der Waals surface area contributed by atoms with Crippen LogP contribution in [0.3, 0.4) is 0 Å². The molecular formula is C31H31N3O4S. The minimum atomic E-state index is -3.50. The molecule has 200 valence electrons. The topological polar surface area (TPSA) is 80.6 Å². The minimum Gasteiger partial charge on any atom is -0.484 e. The van der Waals surface area contributed by atoms with E-state index >= 15 is 0 Å². The SMILES string of the molecule is CCn1c2ccccc2c2cc(NC(=O)COc3ccc(N(Cc4ccc(C)cc4)S(C)(=O)=O)cc3)ccc21. The fourth-order valence-electron chi connectivity index (χ4n) is 4.79. The lowest BCUT2D eigenvalue weighted by Gasteiger charge is -2.23. The Morgan fingerprint density at radius 2 is 1.59 bits per heavy atom. The molecule has 1 amide bonds. The van der Waals surface area contributed by atoms with Gasteiger partial charge in [-0.05, 0) is 67.9 Å². The number of anilines is 2. The highest BCUT2D eigenvalue weighted by Crippen LogP contribution is 2.31. The molecule has 0 saturated carbocycles. The molecule has 1 aromatic heterocycles. The van der Waals surface area contributed by atoms with Gasteiger partial charge in [0.25, 0.3) is 5.91 Å². The number of rotatable bonds is 9. The van der Waals surface area contributed by atoms with Gasteiger partial charge in [-0.1, -0.05) is 48.0 Å². The van der Waals surface area contributed by atoms with Gasteiger partial charge in [0.2, 0.25) is 10.0 Å². The summed E-state index contributed by atoms with van der Waals surface area (Å²) in [6, 6.07) is 28.6. The van der Waals surface area contributed by atoms with E-state index in [9.17, 15) is 13.2 Å². The van der Waals surface area contributed by atoms with Crippen LogP contribution in [-0.4, -0.2) is 31.8 Å². The zero-order chi connectivity index (χ0) is 27.6. The Morgan fingerprint density at radius 1 is 0.897 bits per heavy atom. The number of para-hydroxylation sites is 1. The number of sulfonamides is 1. The van der Waals surface area contributed by atoms with Gasteiger partial charge in [-0.3, -0.25) is 9.10 Å². The molecule has 0 aliphatic heterocycles. The molecule has 0 spiro atoms. The first-order chi connectivity index (χ1) is 18.7. The van der Waals surface area contributed by atoms with Crippen LogP contribution in [0.5, 0.6) is 5.75 Å². The number of fused-ring (bicyclic) bond motifs is 3. The van der Waals surface area contributed by atoms with Crippen LogP contribution in [0.1, 0.15) is 18.1 Å². The number of ether oxygens (including phenoxy) is 1. The Kier molecular flexibility index (Phi) is 7.30. The van der Waals surface area contributed by atoms with Gasteiger partial charge in [0.15, 0.2) is 6.61 Å². The number of aromatic nitrogens is 1. The fraction of sp³-hybridized carbons (Fsp3) is 0.194. The molecule has 39 heavy (non-hydrogen) atoms. The standard InChI is InChI=1S/C31H31N3O4S/c1-4-33-29-8-6-5-7-27(29)28-19-24(13-18-30(28)33)32-31(35)21-38-26-16-14-25(15-17-26)34(39(3,36)37)20-23-11-9-22(2)10-12-23/h5-19H,4,20-21H2,1-3H3,(H,32,35). The van der Waals surface area contributed by atoms with Gasteiger partial charge in [0.05, 0.1) is 18.5 Å². The van der Waals surface area contributed by atoms with Crippen molar-refractivity contribution in [2.75, 3.05) is 22.5 Å². The van der Waals surface area contributed by atoms with Crippen LogP contribution in [0.25, 0.3) is 21.8 Å². The number of nitrogens with zero attached hydrogens (tertiary/aromatic N) is 2. The molecule has 0 aliphatic carbocycles. The molecule has 1 heterocycles. The van der Waals surface area contributed by atoms with Crippen molar-refractivity contribution in [1.82, 2.24) is 4.57 Å². The highest BCUT2D eigenvalue weighted by Gasteiger charge is 2.18. The van der Waals surface area contributed by atoms with Crippen LogP contribution < -0.4 is 14.4 Å². The lowest BCUT2D eigenvalue weighted by atomic mass is 10.1. The van der Waals surface area contributed by atoms with Gasteiger partial charge in [-0.25, -0.2) is 8.42 Å². The Morgan fingerprint density at radius 3 is 2.28 bits per heavy atom. The van der Waals surface area contributed by atoms with Crippen molar-refractivity contribution in [2.24, 2.45) is 0 Å². The quantitative estimate of drug-likeness (QED) is 0.244. The number of carbonyl (C=O) groups excluding carboxylic acids is 1. The van der Waals surface area contributed by atoms with Gasteiger partial charge in [-0.2, -0.15) is 0 Å². The maximum Gasteiger partial charge on any atom is 0.262 e. The number of hydrogen-bond acceptors (Lipinski definition) is 4.